The molecule has 1 aliphatic heterocycles. The first-order valence-corrected chi connectivity index (χ1v) is 10.6. The Hall–Kier alpha value is -3.09. The van der Waals surface area contributed by atoms with Crippen LogP contribution in [0.5, 0.6) is 28.7 Å². The lowest BCUT2D eigenvalue weighted by Gasteiger charge is -2.20. The van der Waals surface area contributed by atoms with Gasteiger partial charge in [-0.05, 0) is 18.4 Å². The second-order valence-electron chi connectivity index (χ2n) is 7.43. The van der Waals surface area contributed by atoms with Crippen LogP contribution in [0.15, 0.2) is 30.3 Å². The predicted octanol–water partition coefficient (Wildman–Crippen LogP) is 5.13. The van der Waals surface area contributed by atoms with E-state index in [2.05, 4.69) is 12.2 Å². The van der Waals surface area contributed by atoms with Crippen molar-refractivity contribution in [2.75, 3.05) is 33.4 Å². The largest absolute Gasteiger partial charge is 0.496 e. The van der Waals surface area contributed by atoms with Crippen LogP contribution < -0.4 is 29.0 Å². The molecule has 7 nitrogen and oxygen atoms in total. The molecule has 0 saturated heterocycles. The van der Waals surface area contributed by atoms with Crippen molar-refractivity contribution in [3.05, 3.63) is 35.9 Å². The molecule has 3 rings (SSSR count). The summed E-state index contributed by atoms with van der Waals surface area (Å²) in [6.45, 7) is 2.38. The Kier molecular flexibility index (Phi) is 7.87. The molecule has 1 aliphatic rings. The SMILES string of the molecule is CCCCC[C@H](CC(=O)Nc1c(OC)cc(OC)cc1OC)c1cccc2c1OCO2. The number of nitrogens with one attached hydrogen (secondary N) is 1. The van der Waals surface area contributed by atoms with Gasteiger partial charge in [-0.15, -0.1) is 0 Å². The van der Waals surface area contributed by atoms with Crippen molar-refractivity contribution in [3.63, 3.8) is 0 Å². The Morgan fingerprint density at radius 2 is 1.81 bits per heavy atom. The average Bonchev–Trinajstić information content (AvgIpc) is 3.27. The van der Waals surface area contributed by atoms with Gasteiger partial charge >= 0.3 is 0 Å². The van der Waals surface area contributed by atoms with Gasteiger partial charge < -0.3 is 29.0 Å². The maximum Gasteiger partial charge on any atom is 0.231 e. The first kappa shape index (κ1) is 22.6. The number of rotatable bonds is 11. The van der Waals surface area contributed by atoms with Gasteiger partial charge in [0.15, 0.2) is 11.5 Å². The molecule has 2 aromatic rings. The molecule has 7 heteroatoms. The zero-order valence-corrected chi connectivity index (χ0v) is 18.7. The van der Waals surface area contributed by atoms with E-state index in [1.54, 1.807) is 33.5 Å². The van der Waals surface area contributed by atoms with Gasteiger partial charge in [-0.3, -0.25) is 4.79 Å². The smallest absolute Gasteiger partial charge is 0.231 e. The summed E-state index contributed by atoms with van der Waals surface area (Å²) in [4.78, 5) is 13.1. The number of fused-ring (bicyclic) bond motifs is 1. The number of carbonyl (C=O) groups excluding carboxylic acids is 1. The Labute approximate surface area is 183 Å². The number of ether oxygens (including phenoxy) is 5. The minimum absolute atomic E-state index is 0.0124. The summed E-state index contributed by atoms with van der Waals surface area (Å²) in [5, 5.41) is 2.97. The van der Waals surface area contributed by atoms with Gasteiger partial charge in [0.25, 0.3) is 0 Å². The lowest BCUT2D eigenvalue weighted by molar-refractivity contribution is -0.116. The molecule has 1 N–H and O–H groups in total. The number of hydrogen-bond acceptors (Lipinski definition) is 6. The molecule has 0 aliphatic carbocycles. The maximum atomic E-state index is 13.1. The Morgan fingerprint density at radius 3 is 2.45 bits per heavy atom. The van der Waals surface area contributed by atoms with Gasteiger partial charge in [0.05, 0.1) is 21.3 Å². The fourth-order valence-electron chi connectivity index (χ4n) is 3.83. The highest BCUT2D eigenvalue weighted by Gasteiger charge is 2.26. The van der Waals surface area contributed by atoms with Crippen molar-refractivity contribution in [3.8, 4) is 28.7 Å². The summed E-state index contributed by atoms with van der Waals surface area (Å²) >= 11 is 0. The topological polar surface area (TPSA) is 75.3 Å². The zero-order valence-electron chi connectivity index (χ0n) is 18.7. The van der Waals surface area contributed by atoms with E-state index >= 15 is 0 Å². The summed E-state index contributed by atoms with van der Waals surface area (Å²) in [7, 11) is 4.65. The predicted molar refractivity (Wildman–Crippen MR) is 119 cm³/mol. The number of anilines is 1. The summed E-state index contributed by atoms with van der Waals surface area (Å²) in [5.41, 5.74) is 1.50. The number of amides is 1. The number of methoxy groups -OCH3 is 3. The highest BCUT2D eigenvalue weighted by molar-refractivity contribution is 5.95. The van der Waals surface area contributed by atoms with Gasteiger partial charge in [0, 0.05) is 24.1 Å². The van der Waals surface area contributed by atoms with E-state index < -0.39 is 0 Å². The van der Waals surface area contributed by atoms with Gasteiger partial charge in [-0.2, -0.15) is 0 Å². The Bertz CT molecular complexity index is 873. The normalized spacial score (nSPS) is 12.9. The summed E-state index contributed by atoms with van der Waals surface area (Å²) < 4.78 is 27.4. The van der Waals surface area contributed by atoms with Gasteiger partial charge in [-0.1, -0.05) is 38.3 Å². The van der Waals surface area contributed by atoms with Crippen LogP contribution in [0.25, 0.3) is 0 Å². The van der Waals surface area contributed by atoms with E-state index in [0.717, 1.165) is 42.7 Å². The summed E-state index contributed by atoms with van der Waals surface area (Å²) in [6, 6.07) is 9.29. The van der Waals surface area contributed by atoms with E-state index in [9.17, 15) is 4.79 Å². The summed E-state index contributed by atoms with van der Waals surface area (Å²) in [6.07, 6.45) is 4.46. The van der Waals surface area contributed by atoms with Crippen molar-refractivity contribution >= 4 is 11.6 Å². The molecular weight excluding hydrogens is 398 g/mol. The number of unbranched alkanes of at least 4 members (excludes halogenated alkanes) is 2. The first-order chi connectivity index (χ1) is 15.1. The standard InChI is InChI=1S/C24H31NO6/c1-5-6-7-9-16(18-10-8-11-19-24(18)31-15-30-19)12-22(26)25-23-20(28-3)13-17(27-2)14-21(23)29-4/h8,10-11,13-14,16H,5-7,9,12,15H2,1-4H3,(H,25,26)/t16-/m1/s1. The van der Waals surface area contributed by atoms with Gasteiger partial charge in [-0.25, -0.2) is 0 Å². The molecule has 2 aromatic carbocycles. The molecule has 1 heterocycles. The van der Waals surface area contributed by atoms with Crippen molar-refractivity contribution in [1.82, 2.24) is 0 Å². The lowest BCUT2D eigenvalue weighted by atomic mass is 9.89. The molecule has 0 unspecified atom stereocenters. The maximum absolute atomic E-state index is 13.1. The second kappa shape index (κ2) is 10.8. The van der Waals surface area contributed by atoms with Crippen molar-refractivity contribution in [1.29, 1.82) is 0 Å². The molecular formula is C24H31NO6. The number of carbonyl (C=O) groups is 1. The summed E-state index contributed by atoms with van der Waals surface area (Å²) in [5.74, 6) is 2.90. The van der Waals surface area contributed by atoms with Crippen molar-refractivity contribution < 1.29 is 28.5 Å². The van der Waals surface area contributed by atoms with Crippen LogP contribution in [0, 0.1) is 0 Å². The third-order valence-electron chi connectivity index (χ3n) is 5.43. The van der Waals surface area contributed by atoms with Crippen molar-refractivity contribution in [2.45, 2.75) is 44.9 Å². The minimum atomic E-state index is -0.125. The van der Waals surface area contributed by atoms with Crippen LogP contribution in [0.3, 0.4) is 0 Å². The molecule has 0 radical (unpaired) electrons. The Balaban J connectivity index is 1.82. The van der Waals surface area contributed by atoms with Crippen molar-refractivity contribution in [2.24, 2.45) is 0 Å². The number of benzene rings is 2. The molecule has 168 valence electrons. The zero-order chi connectivity index (χ0) is 22.2. The van der Waals surface area contributed by atoms with E-state index in [4.69, 9.17) is 23.7 Å². The minimum Gasteiger partial charge on any atom is -0.496 e. The van der Waals surface area contributed by atoms with E-state index in [-0.39, 0.29) is 18.6 Å². The third kappa shape index (κ3) is 5.34. The second-order valence-corrected chi connectivity index (χ2v) is 7.43. The monoisotopic (exact) mass is 429 g/mol. The fraction of sp³-hybridized carbons (Fsp3) is 0.458. The van der Waals surface area contributed by atoms with Crippen LogP contribution in [-0.2, 0) is 4.79 Å². The van der Waals surface area contributed by atoms with Crippen LogP contribution >= 0.6 is 0 Å². The third-order valence-corrected chi connectivity index (χ3v) is 5.43. The highest BCUT2D eigenvalue weighted by atomic mass is 16.7. The molecule has 31 heavy (non-hydrogen) atoms. The van der Waals surface area contributed by atoms with Gasteiger partial charge in [0.1, 0.15) is 22.9 Å². The van der Waals surface area contributed by atoms with Gasteiger partial charge in [0.2, 0.25) is 12.7 Å². The fourth-order valence-corrected chi connectivity index (χ4v) is 3.83. The molecule has 0 aromatic heterocycles. The molecule has 1 amide bonds. The molecule has 0 spiro atoms. The molecule has 0 bridgehead atoms. The lowest BCUT2D eigenvalue weighted by Crippen LogP contribution is -2.17. The molecule has 0 fully saturated rings. The van der Waals surface area contributed by atoms with Crippen LogP contribution in [-0.4, -0.2) is 34.0 Å². The number of hydrogen-bond donors (Lipinski definition) is 1. The van der Waals surface area contributed by atoms with E-state index in [1.165, 1.54) is 0 Å². The molecule has 1 atom stereocenters. The molecule has 0 saturated carbocycles. The average molecular weight is 430 g/mol. The Morgan fingerprint density at radius 1 is 1.06 bits per heavy atom. The quantitative estimate of drug-likeness (QED) is 0.499. The van der Waals surface area contributed by atoms with E-state index in [0.29, 0.717) is 29.4 Å². The van der Waals surface area contributed by atoms with E-state index in [1.807, 2.05) is 18.2 Å². The first-order valence-electron chi connectivity index (χ1n) is 10.6. The van der Waals surface area contributed by atoms with Crippen LogP contribution in [0.2, 0.25) is 0 Å². The van der Waals surface area contributed by atoms with Crippen LogP contribution in [0.4, 0.5) is 5.69 Å². The van der Waals surface area contributed by atoms with Crippen LogP contribution in [0.1, 0.15) is 50.5 Å². The number of para-hydroxylation sites is 1. The highest BCUT2D eigenvalue weighted by Crippen LogP contribution is 2.43.